The van der Waals surface area contributed by atoms with Crippen LogP contribution in [0.1, 0.15) is 52.4 Å². The van der Waals surface area contributed by atoms with E-state index in [9.17, 15) is 4.79 Å². The van der Waals surface area contributed by atoms with Gasteiger partial charge in [0.15, 0.2) is 0 Å². The zero-order valence-corrected chi connectivity index (χ0v) is 12.0. The molecule has 104 valence electrons. The minimum Gasteiger partial charge on any atom is -0.341 e. The molecule has 3 heteroatoms. The van der Waals surface area contributed by atoms with Crippen molar-refractivity contribution in [2.75, 3.05) is 19.6 Å². The number of carbonyl (C=O) groups is 1. The lowest BCUT2D eigenvalue weighted by atomic mass is 10.1. The summed E-state index contributed by atoms with van der Waals surface area (Å²) in [7, 11) is 0. The Hall–Kier alpha value is -0.570. The number of amides is 1. The van der Waals surface area contributed by atoms with Gasteiger partial charge in [-0.25, -0.2) is 0 Å². The van der Waals surface area contributed by atoms with Crippen molar-refractivity contribution in [1.82, 2.24) is 10.2 Å². The van der Waals surface area contributed by atoms with Gasteiger partial charge in [0.25, 0.3) is 0 Å². The molecule has 0 aromatic rings. The van der Waals surface area contributed by atoms with Crippen molar-refractivity contribution in [3.63, 3.8) is 0 Å². The summed E-state index contributed by atoms with van der Waals surface area (Å²) in [5.41, 5.74) is 0. The fraction of sp³-hybridized carbons (Fsp3) is 0.933. The van der Waals surface area contributed by atoms with Crippen molar-refractivity contribution in [2.45, 2.75) is 58.4 Å². The number of hydrogen-bond donors (Lipinski definition) is 1. The van der Waals surface area contributed by atoms with Crippen LogP contribution in [-0.2, 0) is 4.79 Å². The fourth-order valence-electron chi connectivity index (χ4n) is 2.64. The first-order valence-corrected chi connectivity index (χ1v) is 7.66. The van der Waals surface area contributed by atoms with E-state index in [2.05, 4.69) is 24.1 Å². The summed E-state index contributed by atoms with van der Waals surface area (Å²) in [6.45, 7) is 7.46. The number of carbonyl (C=O) groups excluding carboxylic acids is 1. The Labute approximate surface area is 111 Å². The topological polar surface area (TPSA) is 32.3 Å². The molecule has 2 aliphatic rings. The minimum atomic E-state index is 0.379. The molecule has 18 heavy (non-hydrogen) atoms. The van der Waals surface area contributed by atoms with Crippen LogP contribution in [0.25, 0.3) is 0 Å². The molecule has 1 aliphatic heterocycles. The third-order valence-corrected chi connectivity index (χ3v) is 4.07. The lowest BCUT2D eigenvalue weighted by Gasteiger charge is -2.26. The third kappa shape index (κ3) is 4.60. The van der Waals surface area contributed by atoms with Gasteiger partial charge in [-0.2, -0.15) is 0 Å². The molecule has 0 aromatic heterocycles. The molecule has 1 unspecified atom stereocenters. The summed E-state index contributed by atoms with van der Waals surface area (Å²) in [6.07, 6.45) is 6.91. The lowest BCUT2D eigenvalue weighted by Crippen LogP contribution is -2.42. The summed E-state index contributed by atoms with van der Waals surface area (Å²) < 4.78 is 0. The first kappa shape index (κ1) is 13.9. The van der Waals surface area contributed by atoms with Gasteiger partial charge in [-0.3, -0.25) is 4.79 Å². The van der Waals surface area contributed by atoms with Crippen LogP contribution in [0.3, 0.4) is 0 Å². The summed E-state index contributed by atoms with van der Waals surface area (Å²) in [4.78, 5) is 14.4. The molecule has 1 N–H and O–H groups in total. The van der Waals surface area contributed by atoms with Crippen molar-refractivity contribution in [1.29, 1.82) is 0 Å². The zero-order valence-electron chi connectivity index (χ0n) is 12.0. The first-order valence-electron chi connectivity index (χ1n) is 7.66. The predicted molar refractivity (Wildman–Crippen MR) is 74.4 cm³/mol. The first-order chi connectivity index (χ1) is 8.65. The molecule has 2 fully saturated rings. The molecule has 1 saturated heterocycles. The number of hydrogen-bond acceptors (Lipinski definition) is 2. The Bertz CT molecular complexity index is 268. The van der Waals surface area contributed by atoms with Crippen molar-refractivity contribution in [3.05, 3.63) is 0 Å². The summed E-state index contributed by atoms with van der Waals surface area (Å²) >= 11 is 0. The summed E-state index contributed by atoms with van der Waals surface area (Å²) in [5.74, 6) is 1.81. The van der Waals surface area contributed by atoms with Crippen LogP contribution in [0.4, 0.5) is 0 Å². The third-order valence-electron chi connectivity index (χ3n) is 4.07. The van der Waals surface area contributed by atoms with Crippen molar-refractivity contribution in [3.8, 4) is 0 Å². The van der Waals surface area contributed by atoms with Gasteiger partial charge < -0.3 is 10.2 Å². The Balaban J connectivity index is 1.80. The van der Waals surface area contributed by atoms with Gasteiger partial charge in [0, 0.05) is 25.6 Å². The molecule has 1 atom stereocenters. The summed E-state index contributed by atoms with van der Waals surface area (Å²) in [5, 5.41) is 3.51. The molecule has 0 aromatic carbocycles. The molecule has 0 spiro atoms. The van der Waals surface area contributed by atoms with E-state index in [1.807, 2.05) is 0 Å². The van der Waals surface area contributed by atoms with Crippen LogP contribution in [0, 0.1) is 11.8 Å². The average Bonchev–Trinajstić information content (AvgIpc) is 2.99. The van der Waals surface area contributed by atoms with E-state index in [4.69, 9.17) is 0 Å². The highest BCUT2D eigenvalue weighted by atomic mass is 16.2. The lowest BCUT2D eigenvalue weighted by molar-refractivity contribution is -0.132. The van der Waals surface area contributed by atoms with E-state index in [1.54, 1.807) is 0 Å². The van der Waals surface area contributed by atoms with Gasteiger partial charge in [0.2, 0.25) is 5.91 Å². The van der Waals surface area contributed by atoms with Gasteiger partial charge >= 0.3 is 0 Å². The van der Waals surface area contributed by atoms with Gasteiger partial charge in [-0.1, -0.05) is 13.8 Å². The van der Waals surface area contributed by atoms with Gasteiger partial charge in [0.1, 0.15) is 0 Å². The maximum atomic E-state index is 12.3. The smallest absolute Gasteiger partial charge is 0.222 e. The highest BCUT2D eigenvalue weighted by molar-refractivity contribution is 5.76. The van der Waals surface area contributed by atoms with Gasteiger partial charge in [-0.05, 0) is 50.5 Å². The second-order valence-corrected chi connectivity index (χ2v) is 6.47. The normalized spacial score (nSPS) is 23.6. The molecular formula is C15H28N2O. The van der Waals surface area contributed by atoms with Gasteiger partial charge in [0.05, 0.1) is 0 Å². The fourth-order valence-corrected chi connectivity index (χ4v) is 2.64. The standard InChI is InChI=1S/C15H28N2O/c1-12(2)5-8-15(18)17(10-13-6-7-13)11-14-4-3-9-16-14/h12-14,16H,3-11H2,1-2H3. The zero-order chi connectivity index (χ0) is 13.0. The van der Waals surface area contributed by atoms with E-state index >= 15 is 0 Å². The SMILES string of the molecule is CC(C)CCC(=O)N(CC1CC1)CC1CCCN1. The molecular weight excluding hydrogens is 224 g/mol. The molecule has 1 heterocycles. The molecule has 0 radical (unpaired) electrons. The molecule has 1 aliphatic carbocycles. The monoisotopic (exact) mass is 252 g/mol. The Kier molecular flexibility index (Phi) is 5.04. The van der Waals surface area contributed by atoms with Crippen molar-refractivity contribution >= 4 is 5.91 Å². The van der Waals surface area contributed by atoms with Crippen LogP contribution in [0.15, 0.2) is 0 Å². The van der Waals surface area contributed by atoms with E-state index in [0.717, 1.165) is 38.4 Å². The van der Waals surface area contributed by atoms with Crippen LogP contribution in [-0.4, -0.2) is 36.5 Å². The second-order valence-electron chi connectivity index (χ2n) is 6.47. The molecule has 0 bridgehead atoms. The Morgan fingerprint density at radius 2 is 2.06 bits per heavy atom. The quantitative estimate of drug-likeness (QED) is 0.754. The molecule has 2 rings (SSSR count). The van der Waals surface area contributed by atoms with Crippen molar-refractivity contribution < 1.29 is 4.79 Å². The average molecular weight is 252 g/mol. The van der Waals surface area contributed by atoms with Gasteiger partial charge in [-0.15, -0.1) is 0 Å². The van der Waals surface area contributed by atoms with Crippen LogP contribution in [0.5, 0.6) is 0 Å². The van der Waals surface area contributed by atoms with Crippen LogP contribution < -0.4 is 5.32 Å². The van der Waals surface area contributed by atoms with Crippen LogP contribution >= 0.6 is 0 Å². The van der Waals surface area contributed by atoms with Crippen LogP contribution in [0.2, 0.25) is 0 Å². The van der Waals surface area contributed by atoms with E-state index in [1.165, 1.54) is 25.7 Å². The molecule has 1 amide bonds. The number of nitrogens with one attached hydrogen (secondary N) is 1. The second kappa shape index (κ2) is 6.55. The Morgan fingerprint density at radius 3 is 2.61 bits per heavy atom. The van der Waals surface area contributed by atoms with E-state index in [-0.39, 0.29) is 0 Å². The molecule has 3 nitrogen and oxygen atoms in total. The van der Waals surface area contributed by atoms with Crippen molar-refractivity contribution in [2.24, 2.45) is 11.8 Å². The Morgan fingerprint density at radius 1 is 1.28 bits per heavy atom. The van der Waals surface area contributed by atoms with E-state index in [0.29, 0.717) is 17.9 Å². The highest BCUT2D eigenvalue weighted by Gasteiger charge is 2.28. The maximum absolute atomic E-state index is 12.3. The highest BCUT2D eigenvalue weighted by Crippen LogP contribution is 2.30. The largest absolute Gasteiger partial charge is 0.341 e. The maximum Gasteiger partial charge on any atom is 0.222 e. The summed E-state index contributed by atoms with van der Waals surface area (Å²) in [6, 6.07) is 0.548. The number of rotatable bonds is 7. The number of nitrogens with zero attached hydrogens (tertiary/aromatic N) is 1. The van der Waals surface area contributed by atoms with E-state index < -0.39 is 0 Å². The minimum absolute atomic E-state index is 0.379. The molecule has 1 saturated carbocycles. The predicted octanol–water partition coefficient (Wildman–Crippen LogP) is 2.41.